The van der Waals surface area contributed by atoms with E-state index in [9.17, 15) is 4.79 Å². The smallest absolute Gasteiger partial charge is 0.308 e. The zero-order valence-corrected chi connectivity index (χ0v) is 12.7. The van der Waals surface area contributed by atoms with Crippen LogP contribution in [0.15, 0.2) is 24.3 Å². The summed E-state index contributed by atoms with van der Waals surface area (Å²) < 4.78 is 0. The van der Waals surface area contributed by atoms with Crippen LogP contribution < -0.4 is 4.90 Å². The molecule has 2 aromatic rings. The Morgan fingerprint density at radius 3 is 2.81 bits per heavy atom. The Morgan fingerprint density at radius 1 is 1.29 bits per heavy atom. The number of nitrogens with zero attached hydrogens (tertiary/aromatic N) is 2. The summed E-state index contributed by atoms with van der Waals surface area (Å²) in [5, 5.41) is 11.0. The van der Waals surface area contributed by atoms with Crippen LogP contribution >= 0.6 is 23.2 Å². The number of anilines is 1. The summed E-state index contributed by atoms with van der Waals surface area (Å²) in [5.41, 5.74) is 0.652. The van der Waals surface area contributed by atoms with Gasteiger partial charge in [0.05, 0.1) is 21.5 Å². The molecule has 21 heavy (non-hydrogen) atoms. The first-order valence-corrected chi connectivity index (χ1v) is 7.54. The normalized spacial score (nSPS) is 19.0. The van der Waals surface area contributed by atoms with Crippen molar-refractivity contribution in [3.8, 4) is 0 Å². The van der Waals surface area contributed by atoms with E-state index in [0.29, 0.717) is 28.5 Å². The van der Waals surface area contributed by atoms with E-state index >= 15 is 0 Å². The second-order valence-electron chi connectivity index (χ2n) is 5.23. The van der Waals surface area contributed by atoms with E-state index in [2.05, 4.69) is 4.98 Å². The molecule has 1 fully saturated rings. The number of carboxylic acid groups (broad SMARTS) is 1. The van der Waals surface area contributed by atoms with Gasteiger partial charge in [-0.25, -0.2) is 4.98 Å². The van der Waals surface area contributed by atoms with Crippen molar-refractivity contribution in [1.82, 2.24) is 4.98 Å². The average Bonchev–Trinajstić information content (AvgIpc) is 2.51. The molecule has 1 atom stereocenters. The van der Waals surface area contributed by atoms with E-state index in [4.69, 9.17) is 28.3 Å². The van der Waals surface area contributed by atoms with Crippen molar-refractivity contribution in [2.24, 2.45) is 5.92 Å². The molecule has 0 amide bonds. The number of piperidine rings is 1. The number of hydrogen-bond acceptors (Lipinski definition) is 3. The topological polar surface area (TPSA) is 53.4 Å². The molecule has 3 rings (SSSR count). The Hall–Kier alpha value is -1.52. The molecule has 1 aliphatic heterocycles. The summed E-state index contributed by atoms with van der Waals surface area (Å²) in [6, 6.07) is 7.45. The number of pyridine rings is 1. The van der Waals surface area contributed by atoms with Gasteiger partial charge in [0.1, 0.15) is 5.82 Å². The highest BCUT2D eigenvalue weighted by atomic mass is 35.5. The molecule has 0 spiro atoms. The first-order chi connectivity index (χ1) is 10.1. The number of fused-ring (bicyclic) bond motifs is 1. The number of halogens is 2. The predicted octanol–water partition coefficient (Wildman–Crippen LogP) is 3.84. The first-order valence-electron chi connectivity index (χ1n) is 6.79. The van der Waals surface area contributed by atoms with Gasteiger partial charge in [0.25, 0.3) is 0 Å². The molecule has 110 valence electrons. The standard InChI is InChI=1S/C15H14Cl2N2O2/c16-11-5-3-9-4-6-12(18-14(9)13(11)17)19-7-1-2-10(8-19)15(20)21/h3-6,10H,1-2,7-8H2,(H,20,21). The molecule has 1 unspecified atom stereocenters. The lowest BCUT2D eigenvalue weighted by molar-refractivity contribution is -0.141. The molecule has 0 aliphatic carbocycles. The second-order valence-corrected chi connectivity index (χ2v) is 6.01. The minimum absolute atomic E-state index is 0.342. The van der Waals surface area contributed by atoms with Gasteiger partial charge in [-0.3, -0.25) is 4.79 Å². The number of hydrogen-bond donors (Lipinski definition) is 1. The summed E-state index contributed by atoms with van der Waals surface area (Å²) in [5.74, 6) is -0.342. The van der Waals surface area contributed by atoms with Crippen molar-refractivity contribution in [1.29, 1.82) is 0 Å². The molecule has 0 saturated carbocycles. The number of carbonyl (C=O) groups is 1. The van der Waals surface area contributed by atoms with Crippen LogP contribution in [0.4, 0.5) is 5.82 Å². The van der Waals surface area contributed by atoms with Crippen LogP contribution in [0, 0.1) is 5.92 Å². The molecule has 1 aromatic heterocycles. The first kappa shape index (κ1) is 14.4. The molecule has 1 aromatic carbocycles. The van der Waals surface area contributed by atoms with E-state index in [1.54, 1.807) is 6.07 Å². The van der Waals surface area contributed by atoms with Crippen molar-refractivity contribution in [2.75, 3.05) is 18.0 Å². The van der Waals surface area contributed by atoms with Crippen molar-refractivity contribution in [2.45, 2.75) is 12.8 Å². The number of benzene rings is 1. The van der Waals surface area contributed by atoms with Crippen molar-refractivity contribution >= 4 is 45.9 Å². The summed E-state index contributed by atoms with van der Waals surface area (Å²) in [4.78, 5) is 17.7. The molecular formula is C15H14Cl2N2O2. The van der Waals surface area contributed by atoms with Gasteiger partial charge in [-0.05, 0) is 31.0 Å². The van der Waals surface area contributed by atoms with Gasteiger partial charge in [-0.2, -0.15) is 0 Å². The quantitative estimate of drug-likeness (QED) is 0.911. The van der Waals surface area contributed by atoms with Gasteiger partial charge in [0.15, 0.2) is 0 Å². The highest BCUT2D eigenvalue weighted by Gasteiger charge is 2.26. The van der Waals surface area contributed by atoms with Crippen molar-refractivity contribution in [3.63, 3.8) is 0 Å². The predicted molar refractivity (Wildman–Crippen MR) is 84.3 cm³/mol. The van der Waals surface area contributed by atoms with Crippen molar-refractivity contribution in [3.05, 3.63) is 34.3 Å². The second kappa shape index (κ2) is 5.70. The third-order valence-corrected chi connectivity index (χ3v) is 4.63. The van der Waals surface area contributed by atoms with Gasteiger partial charge >= 0.3 is 5.97 Å². The van der Waals surface area contributed by atoms with E-state index in [0.717, 1.165) is 24.2 Å². The molecule has 0 radical (unpaired) electrons. The van der Waals surface area contributed by atoms with Crippen LogP contribution in [-0.4, -0.2) is 29.1 Å². The maximum Gasteiger partial charge on any atom is 0.308 e. The highest BCUT2D eigenvalue weighted by molar-refractivity contribution is 6.45. The SMILES string of the molecule is O=C(O)C1CCCN(c2ccc3ccc(Cl)c(Cl)c3n2)C1. The van der Waals surface area contributed by atoms with E-state index in [1.165, 1.54) is 0 Å². The lowest BCUT2D eigenvalue weighted by Crippen LogP contribution is -2.39. The number of carboxylic acids is 1. The largest absolute Gasteiger partial charge is 0.481 e. The Labute approximate surface area is 132 Å². The van der Waals surface area contributed by atoms with Crippen LogP contribution in [0.5, 0.6) is 0 Å². The molecule has 6 heteroatoms. The van der Waals surface area contributed by atoms with Crippen LogP contribution in [0.1, 0.15) is 12.8 Å². The molecule has 1 N–H and O–H groups in total. The molecule has 0 bridgehead atoms. The number of aromatic nitrogens is 1. The zero-order chi connectivity index (χ0) is 15.0. The lowest BCUT2D eigenvalue weighted by Gasteiger charge is -2.31. The van der Waals surface area contributed by atoms with Gasteiger partial charge in [-0.15, -0.1) is 0 Å². The summed E-state index contributed by atoms with van der Waals surface area (Å²) in [7, 11) is 0. The third-order valence-electron chi connectivity index (χ3n) is 3.83. The minimum Gasteiger partial charge on any atom is -0.481 e. The minimum atomic E-state index is -0.749. The Balaban J connectivity index is 1.97. The fourth-order valence-corrected chi connectivity index (χ4v) is 3.05. The van der Waals surface area contributed by atoms with Crippen LogP contribution in [0.25, 0.3) is 10.9 Å². The Kier molecular flexibility index (Phi) is 3.91. The molecule has 2 heterocycles. The number of rotatable bonds is 2. The van der Waals surface area contributed by atoms with Crippen molar-refractivity contribution < 1.29 is 9.90 Å². The van der Waals surface area contributed by atoms with Gasteiger partial charge in [-0.1, -0.05) is 29.3 Å². The van der Waals surface area contributed by atoms with E-state index in [-0.39, 0.29) is 5.92 Å². The van der Waals surface area contributed by atoms with Gasteiger partial charge in [0, 0.05) is 18.5 Å². The zero-order valence-electron chi connectivity index (χ0n) is 11.2. The Bertz CT molecular complexity index is 705. The van der Waals surface area contributed by atoms with Crippen LogP contribution in [0.2, 0.25) is 10.0 Å². The monoisotopic (exact) mass is 324 g/mol. The van der Waals surface area contributed by atoms with Gasteiger partial charge < -0.3 is 10.0 Å². The van der Waals surface area contributed by atoms with E-state index in [1.807, 2.05) is 23.1 Å². The third kappa shape index (κ3) is 2.78. The highest BCUT2D eigenvalue weighted by Crippen LogP contribution is 2.31. The average molecular weight is 325 g/mol. The molecule has 1 aliphatic rings. The molecular weight excluding hydrogens is 311 g/mol. The maximum absolute atomic E-state index is 11.2. The fraction of sp³-hybridized carbons (Fsp3) is 0.333. The van der Waals surface area contributed by atoms with Crippen LogP contribution in [0.3, 0.4) is 0 Å². The molecule has 1 saturated heterocycles. The summed E-state index contributed by atoms with van der Waals surface area (Å²) in [6.07, 6.45) is 1.56. The van der Waals surface area contributed by atoms with Crippen LogP contribution in [-0.2, 0) is 4.79 Å². The van der Waals surface area contributed by atoms with E-state index < -0.39 is 5.97 Å². The fourth-order valence-electron chi connectivity index (χ4n) is 2.68. The lowest BCUT2D eigenvalue weighted by atomic mass is 9.98. The summed E-state index contributed by atoms with van der Waals surface area (Å²) >= 11 is 12.2. The number of aliphatic carboxylic acids is 1. The maximum atomic E-state index is 11.2. The molecule has 4 nitrogen and oxygen atoms in total. The van der Waals surface area contributed by atoms with Gasteiger partial charge in [0.2, 0.25) is 0 Å². The Morgan fingerprint density at radius 2 is 2.05 bits per heavy atom. The summed E-state index contributed by atoms with van der Waals surface area (Å²) in [6.45, 7) is 1.28.